The molecule has 1 fully saturated rings. The highest BCUT2D eigenvalue weighted by atomic mass is 16.5. The molecule has 5 nitrogen and oxygen atoms in total. The Morgan fingerprint density at radius 3 is 1.85 bits per heavy atom. The number of nitrogens with zero attached hydrogens (tertiary/aromatic N) is 1. The van der Waals surface area contributed by atoms with Gasteiger partial charge in [0.05, 0.1) is 11.0 Å². The van der Waals surface area contributed by atoms with Crippen molar-refractivity contribution in [1.82, 2.24) is 4.90 Å². The molecule has 1 aliphatic rings. The number of piperidine rings is 1. The number of rotatable bonds is 7. The average Bonchev–Trinajstić information content (AvgIpc) is 2.63. The smallest absolute Gasteiger partial charge is 0.312 e. The summed E-state index contributed by atoms with van der Waals surface area (Å²) in [6.07, 6.45) is 1.11. The summed E-state index contributed by atoms with van der Waals surface area (Å²) in [6, 6.07) is 9.49. The zero-order chi connectivity index (χ0) is 25.5. The maximum atomic E-state index is 13.5. The maximum absolute atomic E-state index is 13.5. The fourth-order valence-corrected chi connectivity index (χ4v) is 5.09. The van der Waals surface area contributed by atoms with Crippen LogP contribution in [0.5, 0.6) is 0 Å². The van der Waals surface area contributed by atoms with Gasteiger partial charge in [0.1, 0.15) is 6.61 Å². The Bertz CT molecular complexity index is 872. The number of carbonyl (C=O) groups excluding carboxylic acids is 3. The normalized spacial score (nSPS) is 17.8. The van der Waals surface area contributed by atoms with Crippen molar-refractivity contribution in [3.05, 3.63) is 35.9 Å². The first-order valence-corrected chi connectivity index (χ1v) is 11.9. The highest BCUT2D eigenvalue weighted by Gasteiger charge is 2.57. The second-order valence-electron chi connectivity index (χ2n) is 12.9. The van der Waals surface area contributed by atoms with Gasteiger partial charge in [-0.3, -0.25) is 19.3 Å². The Kier molecular flexibility index (Phi) is 7.29. The molecule has 0 atom stereocenters. The number of ether oxygens (including phenoxy) is 1. The molecule has 0 aromatic heterocycles. The highest BCUT2D eigenvalue weighted by molar-refractivity contribution is 6.00. The first-order valence-electron chi connectivity index (χ1n) is 11.9. The first kappa shape index (κ1) is 27.1. The second-order valence-corrected chi connectivity index (χ2v) is 12.9. The SMILES string of the molecule is CC(C)(C)CC(C)(C)C(C)(C)N1C(=O)CC(C)(C(C)(C)C(=O)OCc2ccccc2)CC1=O. The second kappa shape index (κ2) is 8.88. The van der Waals surface area contributed by atoms with Crippen LogP contribution < -0.4 is 0 Å². The predicted octanol–water partition coefficient (Wildman–Crippen LogP) is 6.15. The van der Waals surface area contributed by atoms with Gasteiger partial charge in [-0.25, -0.2) is 0 Å². The third-order valence-corrected chi connectivity index (χ3v) is 8.00. The molecule has 184 valence electrons. The number of imide groups is 1. The Morgan fingerprint density at radius 1 is 0.909 bits per heavy atom. The summed E-state index contributed by atoms with van der Waals surface area (Å²) < 4.78 is 5.61. The van der Waals surface area contributed by atoms with E-state index >= 15 is 0 Å². The standard InChI is InChI=1S/C28H43NO4/c1-24(2,3)19-25(4,5)27(8,9)29-21(30)16-28(10,17-22(29)31)26(6,7)23(32)33-18-20-14-12-11-13-15-20/h11-15H,16-19H2,1-10H3. The molecule has 0 radical (unpaired) electrons. The third-order valence-electron chi connectivity index (χ3n) is 8.00. The topological polar surface area (TPSA) is 63.7 Å². The molecule has 0 unspecified atom stereocenters. The molecule has 33 heavy (non-hydrogen) atoms. The molecule has 1 saturated heterocycles. The molecule has 1 aliphatic heterocycles. The van der Waals surface area contributed by atoms with Gasteiger partial charge in [0.15, 0.2) is 0 Å². The number of esters is 1. The van der Waals surface area contributed by atoms with Crippen molar-refractivity contribution in [3.8, 4) is 0 Å². The maximum Gasteiger partial charge on any atom is 0.312 e. The Labute approximate surface area is 200 Å². The fraction of sp³-hybridized carbons (Fsp3) is 0.679. The minimum Gasteiger partial charge on any atom is -0.460 e. The summed E-state index contributed by atoms with van der Waals surface area (Å²) in [5, 5.41) is 0. The minimum absolute atomic E-state index is 0.0572. The van der Waals surface area contributed by atoms with E-state index in [9.17, 15) is 14.4 Å². The van der Waals surface area contributed by atoms with Crippen LogP contribution in [0.4, 0.5) is 0 Å². The van der Waals surface area contributed by atoms with Crippen LogP contribution in [-0.4, -0.2) is 28.2 Å². The van der Waals surface area contributed by atoms with E-state index in [1.54, 1.807) is 13.8 Å². The van der Waals surface area contributed by atoms with Crippen molar-refractivity contribution >= 4 is 17.8 Å². The number of amides is 2. The van der Waals surface area contributed by atoms with E-state index in [4.69, 9.17) is 4.74 Å². The van der Waals surface area contributed by atoms with Crippen molar-refractivity contribution in [1.29, 1.82) is 0 Å². The highest BCUT2D eigenvalue weighted by Crippen LogP contribution is 2.52. The van der Waals surface area contributed by atoms with E-state index < -0.39 is 22.3 Å². The Morgan fingerprint density at radius 2 is 1.39 bits per heavy atom. The molecular formula is C28H43NO4. The van der Waals surface area contributed by atoms with E-state index in [0.717, 1.165) is 12.0 Å². The molecule has 1 heterocycles. The van der Waals surface area contributed by atoms with Crippen LogP contribution in [0.15, 0.2) is 30.3 Å². The summed E-state index contributed by atoms with van der Waals surface area (Å²) in [5.41, 5.74) is -1.80. The summed E-state index contributed by atoms with van der Waals surface area (Å²) in [4.78, 5) is 41.5. The monoisotopic (exact) mass is 457 g/mol. The molecule has 0 saturated carbocycles. The summed E-state index contributed by atoms with van der Waals surface area (Å²) >= 11 is 0. The van der Waals surface area contributed by atoms with Crippen LogP contribution >= 0.6 is 0 Å². The molecule has 1 aromatic carbocycles. The molecule has 0 aliphatic carbocycles. The van der Waals surface area contributed by atoms with Gasteiger partial charge < -0.3 is 4.74 Å². The number of likely N-dealkylation sites (tertiary alicyclic amines) is 1. The van der Waals surface area contributed by atoms with E-state index in [-0.39, 0.29) is 42.1 Å². The lowest BCUT2D eigenvalue weighted by atomic mass is 9.59. The average molecular weight is 458 g/mol. The van der Waals surface area contributed by atoms with E-state index in [1.807, 2.05) is 51.1 Å². The Balaban J connectivity index is 2.23. The third kappa shape index (κ3) is 5.50. The summed E-state index contributed by atoms with van der Waals surface area (Å²) in [7, 11) is 0. The van der Waals surface area contributed by atoms with E-state index in [1.165, 1.54) is 4.90 Å². The van der Waals surface area contributed by atoms with Crippen molar-refractivity contribution < 1.29 is 19.1 Å². The van der Waals surface area contributed by atoms with Gasteiger partial charge in [0, 0.05) is 18.3 Å². The van der Waals surface area contributed by atoms with Crippen molar-refractivity contribution in [3.63, 3.8) is 0 Å². The van der Waals surface area contributed by atoms with Gasteiger partial charge in [-0.15, -0.1) is 0 Å². The van der Waals surface area contributed by atoms with Crippen molar-refractivity contribution in [2.45, 2.75) is 101 Å². The van der Waals surface area contributed by atoms with Gasteiger partial charge in [0.2, 0.25) is 11.8 Å². The molecule has 0 bridgehead atoms. The summed E-state index contributed by atoms with van der Waals surface area (Å²) in [6.45, 7) is 20.3. The number of hydrogen-bond acceptors (Lipinski definition) is 4. The van der Waals surface area contributed by atoms with Gasteiger partial charge in [-0.1, -0.05) is 71.9 Å². The van der Waals surface area contributed by atoms with Crippen molar-refractivity contribution in [2.24, 2.45) is 21.7 Å². The largest absolute Gasteiger partial charge is 0.460 e. The number of carbonyl (C=O) groups is 3. The van der Waals surface area contributed by atoms with E-state index in [0.29, 0.717) is 0 Å². The minimum atomic E-state index is -0.996. The van der Waals surface area contributed by atoms with Crippen LogP contribution in [0.2, 0.25) is 0 Å². The zero-order valence-electron chi connectivity index (χ0n) is 22.3. The van der Waals surface area contributed by atoms with Gasteiger partial charge >= 0.3 is 5.97 Å². The summed E-state index contributed by atoms with van der Waals surface area (Å²) in [5.74, 6) is -0.829. The lowest BCUT2D eigenvalue weighted by molar-refractivity contribution is -0.177. The van der Waals surface area contributed by atoms with Crippen LogP contribution in [0.25, 0.3) is 0 Å². The van der Waals surface area contributed by atoms with Gasteiger partial charge in [-0.05, 0) is 50.5 Å². The Hall–Kier alpha value is -2.17. The lowest BCUT2D eigenvalue weighted by Gasteiger charge is -2.54. The van der Waals surface area contributed by atoms with Gasteiger partial charge in [0.25, 0.3) is 0 Å². The van der Waals surface area contributed by atoms with Crippen LogP contribution in [0.3, 0.4) is 0 Å². The number of benzene rings is 1. The molecule has 2 amide bonds. The van der Waals surface area contributed by atoms with Crippen LogP contribution in [0, 0.1) is 21.7 Å². The molecule has 5 heteroatoms. The van der Waals surface area contributed by atoms with Crippen LogP contribution in [0.1, 0.15) is 94.1 Å². The zero-order valence-corrected chi connectivity index (χ0v) is 22.3. The fourth-order valence-electron chi connectivity index (χ4n) is 5.09. The predicted molar refractivity (Wildman–Crippen MR) is 131 cm³/mol. The van der Waals surface area contributed by atoms with Crippen molar-refractivity contribution in [2.75, 3.05) is 0 Å². The molecule has 2 rings (SSSR count). The molecular weight excluding hydrogens is 414 g/mol. The first-order chi connectivity index (χ1) is 14.8. The molecule has 0 N–H and O–H groups in total. The number of hydrogen-bond donors (Lipinski definition) is 0. The van der Waals surface area contributed by atoms with E-state index in [2.05, 4.69) is 34.6 Å². The lowest BCUT2D eigenvalue weighted by Crippen LogP contribution is -2.64. The molecule has 1 aromatic rings. The van der Waals surface area contributed by atoms with Crippen LogP contribution in [-0.2, 0) is 25.7 Å². The van der Waals surface area contributed by atoms with Gasteiger partial charge in [-0.2, -0.15) is 0 Å². The quantitative estimate of drug-likeness (QED) is 0.364. The molecule has 0 spiro atoms.